The van der Waals surface area contributed by atoms with Crippen LogP contribution in [0.4, 0.5) is 4.39 Å². The normalized spacial score (nSPS) is 18.1. The quantitative estimate of drug-likeness (QED) is 0.786. The van der Waals surface area contributed by atoms with E-state index in [1.54, 1.807) is 13.0 Å². The van der Waals surface area contributed by atoms with Gasteiger partial charge in [0, 0.05) is 0 Å². The molecule has 1 aliphatic carbocycles. The lowest BCUT2D eigenvalue weighted by molar-refractivity contribution is 0.598. The van der Waals surface area contributed by atoms with Crippen LogP contribution in [0, 0.1) is 12.7 Å². The highest BCUT2D eigenvalue weighted by Gasteiger charge is 2.16. The van der Waals surface area contributed by atoms with E-state index >= 15 is 0 Å². The molecule has 1 N–H and O–H groups in total. The Kier molecular flexibility index (Phi) is 4.54. The average Bonchev–Trinajstić information content (AvgIpc) is 2.64. The number of halogens is 1. The van der Waals surface area contributed by atoms with Crippen LogP contribution in [0.1, 0.15) is 49.3 Å². The van der Waals surface area contributed by atoms with Gasteiger partial charge in [-0.15, -0.1) is 0 Å². The van der Waals surface area contributed by atoms with Gasteiger partial charge >= 0.3 is 0 Å². The highest BCUT2D eigenvalue weighted by molar-refractivity contribution is 5.31. The molecule has 1 atom stereocenters. The Labute approximate surface area is 109 Å². The van der Waals surface area contributed by atoms with Crippen molar-refractivity contribution in [3.8, 4) is 0 Å². The highest BCUT2D eigenvalue weighted by Crippen LogP contribution is 2.29. The smallest absolute Gasteiger partial charge is 0.126 e. The zero-order valence-corrected chi connectivity index (χ0v) is 11.3. The van der Waals surface area contributed by atoms with Crippen molar-refractivity contribution in [2.75, 3.05) is 7.05 Å². The fraction of sp³-hybridized carbons (Fsp3) is 0.500. The highest BCUT2D eigenvalue weighted by atomic mass is 19.1. The number of hydrogen-bond donors (Lipinski definition) is 1. The number of aryl methyl sites for hydroxylation is 1. The Hall–Kier alpha value is -1.15. The van der Waals surface area contributed by atoms with Crippen molar-refractivity contribution in [2.45, 2.75) is 45.1 Å². The van der Waals surface area contributed by atoms with Crippen molar-refractivity contribution in [3.05, 3.63) is 46.8 Å². The Bertz CT molecular complexity index is 437. The molecule has 0 fully saturated rings. The summed E-state index contributed by atoms with van der Waals surface area (Å²) in [4.78, 5) is 0. The van der Waals surface area contributed by atoms with E-state index in [4.69, 9.17) is 0 Å². The Morgan fingerprint density at radius 2 is 2.06 bits per heavy atom. The van der Waals surface area contributed by atoms with Gasteiger partial charge in [-0.1, -0.05) is 30.2 Å². The van der Waals surface area contributed by atoms with Crippen molar-refractivity contribution in [1.29, 1.82) is 0 Å². The molecule has 0 saturated heterocycles. The van der Waals surface area contributed by atoms with Crippen LogP contribution >= 0.6 is 0 Å². The number of rotatable bonds is 3. The fourth-order valence-corrected chi connectivity index (χ4v) is 2.66. The van der Waals surface area contributed by atoms with Crippen LogP contribution in [0.2, 0.25) is 0 Å². The minimum Gasteiger partial charge on any atom is -0.310 e. The molecule has 0 heterocycles. The van der Waals surface area contributed by atoms with Crippen LogP contribution in [0.25, 0.3) is 0 Å². The first-order chi connectivity index (χ1) is 8.72. The van der Waals surface area contributed by atoms with Gasteiger partial charge in [0.2, 0.25) is 0 Å². The molecule has 1 unspecified atom stereocenters. The van der Waals surface area contributed by atoms with Crippen LogP contribution in [0.5, 0.6) is 0 Å². The number of likely N-dealkylation sites (N-methyl/N-ethyl adjacent to an activating group) is 1. The van der Waals surface area contributed by atoms with Crippen molar-refractivity contribution >= 4 is 0 Å². The molecule has 0 radical (unpaired) electrons. The summed E-state index contributed by atoms with van der Waals surface area (Å²) in [5.41, 5.74) is 3.16. The third kappa shape index (κ3) is 2.99. The molecule has 0 amide bonds. The van der Waals surface area contributed by atoms with Crippen LogP contribution in [0.15, 0.2) is 29.8 Å². The number of benzene rings is 1. The van der Waals surface area contributed by atoms with Gasteiger partial charge in [0.25, 0.3) is 0 Å². The molecule has 2 heteroatoms. The van der Waals surface area contributed by atoms with Gasteiger partial charge < -0.3 is 5.32 Å². The minimum absolute atomic E-state index is 0.109. The zero-order valence-electron chi connectivity index (χ0n) is 11.3. The largest absolute Gasteiger partial charge is 0.310 e. The summed E-state index contributed by atoms with van der Waals surface area (Å²) in [5.74, 6) is -0.109. The summed E-state index contributed by atoms with van der Waals surface area (Å²) in [6.07, 6.45) is 8.45. The van der Waals surface area contributed by atoms with E-state index in [2.05, 4.69) is 11.4 Å². The first kappa shape index (κ1) is 13.3. The Morgan fingerprint density at radius 3 is 2.78 bits per heavy atom. The topological polar surface area (TPSA) is 12.0 Å². The van der Waals surface area contributed by atoms with E-state index in [9.17, 15) is 4.39 Å². The van der Waals surface area contributed by atoms with E-state index in [0.717, 1.165) is 18.4 Å². The molecule has 98 valence electrons. The summed E-state index contributed by atoms with van der Waals surface area (Å²) >= 11 is 0. The van der Waals surface area contributed by atoms with Gasteiger partial charge in [-0.2, -0.15) is 0 Å². The van der Waals surface area contributed by atoms with E-state index in [0.29, 0.717) is 5.56 Å². The maximum atomic E-state index is 13.7. The molecule has 0 bridgehead atoms. The van der Waals surface area contributed by atoms with Gasteiger partial charge in [0.1, 0.15) is 5.82 Å². The predicted octanol–water partition coefficient (Wildman–Crippen LogP) is 4.29. The molecule has 1 nitrogen and oxygen atoms in total. The third-order valence-electron chi connectivity index (χ3n) is 3.76. The van der Waals surface area contributed by atoms with Gasteiger partial charge in [-0.05, 0) is 56.8 Å². The lowest BCUT2D eigenvalue weighted by Gasteiger charge is -2.20. The number of allylic oxidation sites excluding steroid dienone is 1. The van der Waals surface area contributed by atoms with Crippen LogP contribution in [-0.2, 0) is 0 Å². The third-order valence-corrected chi connectivity index (χ3v) is 3.76. The summed E-state index contributed by atoms with van der Waals surface area (Å²) < 4.78 is 13.7. The standard InChI is InChI=1S/C16H22FN/c1-12-9-10-14(11-15(12)17)16(18-2)13-7-5-3-4-6-8-13/h7,9-11,16,18H,3-6,8H2,1-2H3. The predicted molar refractivity (Wildman–Crippen MR) is 74.1 cm³/mol. The average molecular weight is 247 g/mol. The van der Waals surface area contributed by atoms with E-state index in [1.807, 2.05) is 19.2 Å². The molecule has 0 spiro atoms. The van der Waals surface area contributed by atoms with Gasteiger partial charge in [-0.3, -0.25) is 0 Å². The van der Waals surface area contributed by atoms with Crippen molar-refractivity contribution in [1.82, 2.24) is 5.32 Å². The van der Waals surface area contributed by atoms with Crippen LogP contribution < -0.4 is 5.32 Å². The molecule has 1 aromatic rings. The Balaban J connectivity index is 2.26. The van der Waals surface area contributed by atoms with Crippen LogP contribution in [0.3, 0.4) is 0 Å². The molecule has 0 aliphatic heterocycles. The Morgan fingerprint density at radius 1 is 1.22 bits per heavy atom. The van der Waals surface area contributed by atoms with Crippen molar-refractivity contribution in [3.63, 3.8) is 0 Å². The molecule has 1 aromatic carbocycles. The van der Waals surface area contributed by atoms with Crippen molar-refractivity contribution < 1.29 is 4.39 Å². The van der Waals surface area contributed by atoms with Crippen LogP contribution in [-0.4, -0.2) is 7.05 Å². The van der Waals surface area contributed by atoms with E-state index < -0.39 is 0 Å². The first-order valence-electron chi connectivity index (χ1n) is 6.84. The summed E-state index contributed by atoms with van der Waals surface area (Å²) in [6, 6.07) is 5.73. The molecule has 0 aromatic heterocycles. The lowest BCUT2D eigenvalue weighted by Crippen LogP contribution is -2.19. The van der Waals surface area contributed by atoms with Gasteiger partial charge in [0.15, 0.2) is 0 Å². The first-order valence-corrected chi connectivity index (χ1v) is 6.84. The number of hydrogen-bond acceptors (Lipinski definition) is 1. The summed E-state index contributed by atoms with van der Waals surface area (Å²) in [7, 11) is 1.95. The molecular formula is C16H22FN. The molecule has 0 saturated carbocycles. The SMILES string of the molecule is CNC(C1=CCCCCC1)c1ccc(C)c(F)c1. The minimum atomic E-state index is -0.109. The maximum absolute atomic E-state index is 13.7. The van der Waals surface area contributed by atoms with Crippen molar-refractivity contribution in [2.24, 2.45) is 0 Å². The van der Waals surface area contributed by atoms with E-state index in [1.165, 1.54) is 24.8 Å². The molecule has 18 heavy (non-hydrogen) atoms. The molecular weight excluding hydrogens is 225 g/mol. The fourth-order valence-electron chi connectivity index (χ4n) is 2.66. The second-order valence-electron chi connectivity index (χ2n) is 5.11. The summed E-state index contributed by atoms with van der Waals surface area (Å²) in [6.45, 7) is 1.80. The van der Waals surface area contributed by atoms with Gasteiger partial charge in [-0.25, -0.2) is 4.39 Å². The lowest BCUT2D eigenvalue weighted by atomic mass is 9.94. The molecule has 1 aliphatic rings. The summed E-state index contributed by atoms with van der Waals surface area (Å²) in [5, 5.41) is 3.33. The van der Waals surface area contributed by atoms with E-state index in [-0.39, 0.29) is 11.9 Å². The monoisotopic (exact) mass is 247 g/mol. The second-order valence-corrected chi connectivity index (χ2v) is 5.11. The zero-order chi connectivity index (χ0) is 13.0. The molecule has 2 rings (SSSR count). The van der Waals surface area contributed by atoms with Gasteiger partial charge in [0.05, 0.1) is 6.04 Å². The second kappa shape index (κ2) is 6.14. The maximum Gasteiger partial charge on any atom is 0.126 e. The number of nitrogens with one attached hydrogen (secondary N) is 1.